The van der Waals surface area contributed by atoms with E-state index < -0.39 is 12.0 Å². The van der Waals surface area contributed by atoms with Crippen molar-refractivity contribution >= 4 is 0 Å². The van der Waals surface area contributed by atoms with E-state index in [9.17, 15) is 13.9 Å². The molecule has 0 aromatic heterocycles. The van der Waals surface area contributed by atoms with Gasteiger partial charge in [0, 0.05) is 45.1 Å². The molecule has 1 aliphatic heterocycles. The summed E-state index contributed by atoms with van der Waals surface area (Å²) in [5.41, 5.74) is 0.977. The number of benzene rings is 1. The Morgan fingerprint density at radius 2 is 1.89 bits per heavy atom. The molecule has 2 rings (SSSR count). The maximum absolute atomic E-state index is 13.3. The van der Waals surface area contributed by atoms with Crippen molar-refractivity contribution in [3.05, 3.63) is 23.8 Å². The van der Waals surface area contributed by atoms with Crippen LogP contribution >= 0.6 is 0 Å². The van der Waals surface area contributed by atoms with Gasteiger partial charge in [-0.2, -0.15) is 0 Å². The van der Waals surface area contributed by atoms with Gasteiger partial charge in [0.1, 0.15) is 12.7 Å². The molecule has 1 aliphatic rings. The maximum Gasteiger partial charge on any atom is 0.250 e. The lowest BCUT2D eigenvalue weighted by Gasteiger charge is -2.31. The van der Waals surface area contributed by atoms with Gasteiger partial charge >= 0.3 is 0 Å². The molecular formula is C20H32F2N2O3. The highest BCUT2D eigenvalue weighted by molar-refractivity contribution is 5.43. The lowest BCUT2D eigenvalue weighted by atomic mass is 10.1. The van der Waals surface area contributed by atoms with Crippen molar-refractivity contribution in [3.8, 4) is 11.5 Å². The Labute approximate surface area is 160 Å². The first-order chi connectivity index (χ1) is 12.7. The third kappa shape index (κ3) is 6.90. The largest absolute Gasteiger partial charge is 0.493 e. The number of aliphatic hydroxyl groups is 1. The Balaban J connectivity index is 1.94. The normalized spacial score (nSPS) is 18.7. The van der Waals surface area contributed by atoms with Crippen molar-refractivity contribution in [1.82, 2.24) is 9.80 Å². The number of piperidine rings is 1. The van der Waals surface area contributed by atoms with Crippen LogP contribution in [0.3, 0.4) is 0 Å². The van der Waals surface area contributed by atoms with E-state index in [0.29, 0.717) is 43.7 Å². The average Bonchev–Trinajstić information content (AvgIpc) is 2.61. The highest BCUT2D eigenvalue weighted by Crippen LogP contribution is 2.31. The predicted octanol–water partition coefficient (Wildman–Crippen LogP) is 3.01. The number of aliphatic hydroxyl groups excluding tert-OH is 1. The predicted molar refractivity (Wildman–Crippen MR) is 102 cm³/mol. The van der Waals surface area contributed by atoms with Crippen LogP contribution in [0.4, 0.5) is 8.78 Å². The van der Waals surface area contributed by atoms with Gasteiger partial charge in [0.2, 0.25) is 0 Å². The minimum atomic E-state index is -2.54. The molecule has 0 spiro atoms. The van der Waals surface area contributed by atoms with Crippen LogP contribution in [0.2, 0.25) is 0 Å². The molecule has 0 saturated carbocycles. The van der Waals surface area contributed by atoms with Crippen molar-refractivity contribution in [3.63, 3.8) is 0 Å². The second-order valence-corrected chi connectivity index (χ2v) is 7.62. The zero-order valence-electron chi connectivity index (χ0n) is 16.8. The number of nitrogens with zero attached hydrogens (tertiary/aromatic N) is 2. The SMILES string of the molecule is COc1ccc(CN2CCC(F)(F)CC2)cc1OC[C@H](O)CN(C)C(C)C. The molecule has 27 heavy (non-hydrogen) atoms. The Morgan fingerprint density at radius 3 is 2.48 bits per heavy atom. The molecular weight excluding hydrogens is 354 g/mol. The van der Waals surface area contributed by atoms with Crippen molar-refractivity contribution in [1.29, 1.82) is 0 Å². The zero-order chi connectivity index (χ0) is 20.0. The molecule has 1 aromatic carbocycles. The first kappa shape index (κ1) is 21.9. The van der Waals surface area contributed by atoms with Crippen LogP contribution in [0.25, 0.3) is 0 Å². The second kappa shape index (κ2) is 9.66. The molecule has 1 fully saturated rings. The van der Waals surface area contributed by atoms with E-state index in [0.717, 1.165) is 5.56 Å². The molecule has 0 aliphatic carbocycles. The van der Waals surface area contributed by atoms with Gasteiger partial charge in [-0.15, -0.1) is 0 Å². The monoisotopic (exact) mass is 386 g/mol. The average molecular weight is 386 g/mol. The van der Waals surface area contributed by atoms with Crippen LogP contribution in [-0.4, -0.2) is 73.4 Å². The Hall–Kier alpha value is -1.44. The highest BCUT2D eigenvalue weighted by atomic mass is 19.3. The molecule has 7 heteroatoms. The van der Waals surface area contributed by atoms with E-state index in [1.165, 1.54) is 0 Å². The van der Waals surface area contributed by atoms with Gasteiger partial charge < -0.3 is 19.5 Å². The summed E-state index contributed by atoms with van der Waals surface area (Å²) >= 11 is 0. The molecule has 0 amide bonds. The summed E-state index contributed by atoms with van der Waals surface area (Å²) in [6, 6.07) is 5.94. The van der Waals surface area contributed by atoms with E-state index in [1.54, 1.807) is 7.11 Å². The molecule has 154 valence electrons. The summed E-state index contributed by atoms with van der Waals surface area (Å²) in [7, 11) is 3.52. The van der Waals surface area contributed by atoms with Gasteiger partial charge in [-0.1, -0.05) is 6.07 Å². The van der Waals surface area contributed by atoms with Crippen LogP contribution in [0.5, 0.6) is 11.5 Å². The van der Waals surface area contributed by atoms with Crippen LogP contribution < -0.4 is 9.47 Å². The van der Waals surface area contributed by atoms with Crippen molar-refractivity contribution in [2.24, 2.45) is 0 Å². The quantitative estimate of drug-likeness (QED) is 0.707. The third-order valence-corrected chi connectivity index (χ3v) is 5.03. The number of likely N-dealkylation sites (tertiary alicyclic amines) is 1. The minimum Gasteiger partial charge on any atom is -0.493 e. The van der Waals surface area contributed by atoms with Crippen LogP contribution in [-0.2, 0) is 6.54 Å². The lowest BCUT2D eigenvalue weighted by Crippen LogP contribution is -2.38. The second-order valence-electron chi connectivity index (χ2n) is 7.62. The summed E-state index contributed by atoms with van der Waals surface area (Å²) in [5, 5.41) is 10.2. The van der Waals surface area contributed by atoms with Gasteiger partial charge in [-0.05, 0) is 38.6 Å². The number of likely N-dealkylation sites (N-methyl/N-ethyl adjacent to an activating group) is 1. The van der Waals surface area contributed by atoms with E-state index in [2.05, 4.69) is 13.8 Å². The van der Waals surface area contributed by atoms with Gasteiger partial charge in [-0.25, -0.2) is 8.78 Å². The Morgan fingerprint density at radius 1 is 1.22 bits per heavy atom. The zero-order valence-corrected chi connectivity index (χ0v) is 16.8. The summed E-state index contributed by atoms with van der Waals surface area (Å²) in [5.74, 6) is -1.39. The smallest absolute Gasteiger partial charge is 0.250 e. The summed E-state index contributed by atoms with van der Waals surface area (Å²) < 4.78 is 37.7. The number of hydrogen-bond donors (Lipinski definition) is 1. The summed E-state index contributed by atoms with van der Waals surface area (Å²) in [6.45, 7) is 6.17. The van der Waals surface area contributed by atoms with E-state index in [-0.39, 0.29) is 19.4 Å². The standard InChI is InChI=1S/C20H32F2N2O3/c1-15(2)23(3)13-17(25)14-27-19-11-16(5-6-18(19)26-4)12-24-9-7-20(21,22)8-10-24/h5-6,11,15,17,25H,7-10,12-14H2,1-4H3/t17-/m1/s1. The van der Waals surface area contributed by atoms with Gasteiger partial charge in [0.25, 0.3) is 5.92 Å². The van der Waals surface area contributed by atoms with E-state index in [4.69, 9.17) is 9.47 Å². The molecule has 1 aromatic rings. The minimum absolute atomic E-state index is 0.0952. The third-order valence-electron chi connectivity index (χ3n) is 5.03. The molecule has 1 atom stereocenters. The van der Waals surface area contributed by atoms with Crippen LogP contribution in [0, 0.1) is 0 Å². The fraction of sp³-hybridized carbons (Fsp3) is 0.700. The molecule has 5 nitrogen and oxygen atoms in total. The van der Waals surface area contributed by atoms with E-state index in [1.807, 2.05) is 35.0 Å². The molecule has 1 heterocycles. The maximum atomic E-state index is 13.3. The molecule has 0 unspecified atom stereocenters. The highest BCUT2D eigenvalue weighted by Gasteiger charge is 2.33. The van der Waals surface area contributed by atoms with Crippen molar-refractivity contribution < 1.29 is 23.4 Å². The molecule has 1 saturated heterocycles. The lowest BCUT2D eigenvalue weighted by molar-refractivity contribution is -0.0566. The summed E-state index contributed by atoms with van der Waals surface area (Å²) in [6.07, 6.45) is -0.806. The number of ether oxygens (including phenoxy) is 2. The number of methoxy groups -OCH3 is 1. The number of rotatable bonds is 9. The van der Waals surface area contributed by atoms with Crippen LogP contribution in [0.1, 0.15) is 32.3 Å². The first-order valence-corrected chi connectivity index (χ1v) is 9.48. The van der Waals surface area contributed by atoms with Gasteiger partial charge in [-0.3, -0.25) is 4.90 Å². The number of alkyl halides is 2. The van der Waals surface area contributed by atoms with Crippen LogP contribution in [0.15, 0.2) is 18.2 Å². The van der Waals surface area contributed by atoms with Gasteiger partial charge in [0.05, 0.1) is 7.11 Å². The summed E-state index contributed by atoms with van der Waals surface area (Å²) in [4.78, 5) is 4.07. The van der Waals surface area contributed by atoms with Crippen molar-refractivity contribution in [2.75, 3.05) is 40.4 Å². The van der Waals surface area contributed by atoms with E-state index >= 15 is 0 Å². The molecule has 0 radical (unpaired) electrons. The fourth-order valence-electron chi connectivity index (χ4n) is 3.01. The number of halogens is 2. The van der Waals surface area contributed by atoms with Gasteiger partial charge in [0.15, 0.2) is 11.5 Å². The Kier molecular flexibility index (Phi) is 7.82. The molecule has 1 N–H and O–H groups in total. The molecule has 0 bridgehead atoms. The fourth-order valence-corrected chi connectivity index (χ4v) is 3.01. The van der Waals surface area contributed by atoms with Crippen molar-refractivity contribution in [2.45, 2.75) is 51.3 Å². The Bertz CT molecular complexity index is 589. The first-order valence-electron chi connectivity index (χ1n) is 9.48. The topological polar surface area (TPSA) is 45.2 Å². The number of hydrogen-bond acceptors (Lipinski definition) is 5.